The van der Waals surface area contributed by atoms with Crippen LogP contribution in [-0.2, 0) is 112 Å². The molecule has 13 atom stereocenters. The second-order valence-electron chi connectivity index (χ2n) is 34.6. The van der Waals surface area contributed by atoms with Gasteiger partial charge < -0.3 is 115 Å². The number of aromatic nitrogens is 4. The molecular formula is C92H129N21O20S. The zero-order valence-corrected chi connectivity index (χ0v) is 78.1. The van der Waals surface area contributed by atoms with Crippen LogP contribution in [0.1, 0.15) is 160 Å². The number of phenolic OH excluding ortho intramolecular Hbond substituents is 1. The summed E-state index contributed by atoms with van der Waals surface area (Å²) < 4.78 is 0. The van der Waals surface area contributed by atoms with Crippen molar-refractivity contribution in [2.24, 2.45) is 29.0 Å². The SMILES string of the molecule is CCCC[C@H]1C(=O)N(C)[C@@H](CCCC)C(=O)N[C@@H](CC(C)C)C(=O)N[C@H](C(=O)NCC(N)=O)CSCC(=O)N[C@@H](Cc2ccc(O)cc2)C(=O)N(C)[C@@H](C)C(=O)N[C@@H](CC(N)=O)C(=O)N2CCC[C@H]2C(=O)N[C@@H](Cc2cnc[nH]2)C(=O)N[C@@H](CCC(=O)O)C(=O)N(CCC)CC(=O)C[C@@H](Cc2c[nH]c3ccccc23)C(=O)N[C@@H](CCN)C(=O)N[C@@H](Cc2c[nH]c3ccccc23)C(=O)N1C. The first-order valence-corrected chi connectivity index (χ1v) is 46.5. The second-order valence-corrected chi connectivity index (χ2v) is 35.6. The van der Waals surface area contributed by atoms with E-state index in [2.05, 4.69) is 67.8 Å². The van der Waals surface area contributed by atoms with Crippen molar-refractivity contribution in [3.05, 3.63) is 120 Å². The molecule has 0 saturated carbocycles. The van der Waals surface area contributed by atoms with Crippen LogP contribution in [-0.4, -0.2) is 299 Å². The maximum atomic E-state index is 15.8. The van der Waals surface area contributed by atoms with Crippen molar-refractivity contribution >= 4 is 140 Å². The van der Waals surface area contributed by atoms with Crippen LogP contribution in [0.3, 0.4) is 0 Å². The predicted octanol–water partition coefficient (Wildman–Crippen LogP) is 0.397. The number of aromatic hydroxyl groups is 1. The summed E-state index contributed by atoms with van der Waals surface area (Å²) in [5.41, 5.74) is 20.6. The topological polar surface area (TPSA) is 611 Å². The fraction of sp³-hybridized carbons (Fsp3) is 0.533. The van der Waals surface area contributed by atoms with Crippen LogP contribution < -0.4 is 65.1 Å². The number of carbonyl (C=O) groups is 18. The minimum Gasteiger partial charge on any atom is -0.508 e. The van der Waals surface area contributed by atoms with E-state index in [1.165, 1.54) is 74.7 Å². The summed E-state index contributed by atoms with van der Waals surface area (Å²) in [7, 11) is 4.01. The van der Waals surface area contributed by atoms with Gasteiger partial charge in [-0.2, -0.15) is 0 Å². The lowest BCUT2D eigenvalue weighted by molar-refractivity contribution is -0.149. The van der Waals surface area contributed by atoms with Crippen molar-refractivity contribution in [2.45, 2.75) is 236 Å². The van der Waals surface area contributed by atoms with Gasteiger partial charge in [0.15, 0.2) is 5.78 Å². The molecular weight excluding hydrogens is 1750 g/mol. The van der Waals surface area contributed by atoms with Crippen molar-refractivity contribution in [2.75, 3.05) is 65.4 Å². The number of nitrogens with one attached hydrogen (secondary N) is 12. The number of amides is 16. The van der Waals surface area contributed by atoms with E-state index in [1.807, 2.05) is 26.0 Å². The van der Waals surface area contributed by atoms with Crippen molar-refractivity contribution in [3.8, 4) is 5.75 Å². The quantitative estimate of drug-likeness (QED) is 0.0316. The average Bonchev–Trinajstić information content (AvgIpc) is 1.27. The molecule has 0 spiro atoms. The molecule has 134 heavy (non-hydrogen) atoms. The van der Waals surface area contributed by atoms with E-state index in [-0.39, 0.29) is 108 Å². The van der Waals surface area contributed by atoms with Crippen LogP contribution in [0.4, 0.5) is 0 Å². The molecule has 2 saturated heterocycles. The number of Topliss-reactive ketones (excluding diaryl/α,β-unsaturated/α-hetero) is 1. The summed E-state index contributed by atoms with van der Waals surface area (Å²) in [5.74, 6) is -19.3. The summed E-state index contributed by atoms with van der Waals surface area (Å²) in [6, 6.07) is 1.76. The Kier molecular flexibility index (Phi) is 40.9. The molecule has 20 N–H and O–H groups in total. The maximum Gasteiger partial charge on any atom is 0.303 e. The number of carboxylic acids is 1. The van der Waals surface area contributed by atoms with Gasteiger partial charge in [0, 0.05) is 124 Å². The number of rotatable bonds is 28. The van der Waals surface area contributed by atoms with Crippen LogP contribution in [0.15, 0.2) is 97.7 Å². The third-order valence-corrected chi connectivity index (χ3v) is 24.9. The highest BCUT2D eigenvalue weighted by molar-refractivity contribution is 8.00. The zero-order chi connectivity index (χ0) is 98.2. The van der Waals surface area contributed by atoms with Gasteiger partial charge in [-0.05, 0) is 118 Å². The number of imidazole rings is 1. The maximum absolute atomic E-state index is 15.8. The molecule has 0 aliphatic carbocycles. The number of carboxylic acid groups (broad SMARTS) is 1. The van der Waals surface area contributed by atoms with Gasteiger partial charge in [-0.3, -0.25) is 86.3 Å². The number of hydrogen-bond donors (Lipinski definition) is 17. The van der Waals surface area contributed by atoms with Gasteiger partial charge in [-0.15, -0.1) is 11.8 Å². The first-order valence-electron chi connectivity index (χ1n) is 45.4. The number of nitrogens with zero attached hydrogens (tertiary/aromatic N) is 6. The van der Waals surface area contributed by atoms with E-state index < -0.39 is 235 Å². The highest BCUT2D eigenvalue weighted by Crippen LogP contribution is 2.28. The van der Waals surface area contributed by atoms with Crippen LogP contribution in [0, 0.1) is 11.8 Å². The first kappa shape index (κ1) is 106. The van der Waals surface area contributed by atoms with E-state index in [0.29, 0.717) is 64.2 Å². The van der Waals surface area contributed by atoms with Crippen molar-refractivity contribution in [3.63, 3.8) is 0 Å². The van der Waals surface area contributed by atoms with Gasteiger partial charge in [-0.25, -0.2) is 4.98 Å². The number of phenols is 1. The standard InChI is InChI=1S/C92H129N21O20S/c1-10-13-24-73-86(127)104-67(37-52(4)5)84(125)108-72(82(123)99-47-77(95)117)49-134-50-78(118)101-69(38-54-27-29-59(114)30-28-54)88(129)109(7)53(6)80(121)106-71(43-76(94)116)91(132)113-36-19-26-74(113)87(128)105-68(42-58-46-96-51-100-58)85(126)103-66(31-32-79(119)120)90(131)112(35-12-3)48-60(115)40-55(39-56-44-97-63-22-17-15-20-61(56)63)81(122)102-65(33-34-93)83(124)107-70(41-57-45-98-64-23-18-16-21-62(57)64)89(130)111(9)75(25-14-11-2)92(133)110(73)8/h15-18,20-23,27-30,44-46,51-53,55,65-75,97-98,114H,10-14,19,24-26,31-43,47-50,93H2,1-9H3,(H2,94,116)(H2,95,117)(H,96,100)(H,99,123)(H,101,118)(H,102,122)(H,103,126)(H,104,127)(H,105,128)(H,106,121)(H,107,124)(H,108,125)(H,119,120)/t53-,55+,65-,66-,67-,68-,69-,70-,71-,72-,73-,74-,75-/m0/s1. The van der Waals surface area contributed by atoms with Gasteiger partial charge >= 0.3 is 5.97 Å². The highest BCUT2D eigenvalue weighted by atomic mass is 32.2. The van der Waals surface area contributed by atoms with Gasteiger partial charge in [0.1, 0.15) is 78.3 Å². The van der Waals surface area contributed by atoms with Crippen LogP contribution in [0.5, 0.6) is 5.75 Å². The Morgan fingerprint density at radius 3 is 1.75 bits per heavy atom. The monoisotopic (exact) mass is 1880 g/mol. The molecule has 0 unspecified atom stereocenters. The van der Waals surface area contributed by atoms with E-state index in [9.17, 15) is 58.2 Å². The van der Waals surface area contributed by atoms with Gasteiger partial charge in [0.2, 0.25) is 94.5 Å². The largest absolute Gasteiger partial charge is 0.508 e. The molecule has 2 aliphatic heterocycles. The number of unbranched alkanes of at least 4 members (excludes halogenated alkanes) is 2. The number of para-hydroxylation sites is 2. The normalized spacial score (nSPS) is 23.4. The molecule has 3 aromatic heterocycles. The Morgan fingerprint density at radius 2 is 1.14 bits per heavy atom. The number of thioether (sulfide) groups is 1. The van der Waals surface area contributed by atoms with Gasteiger partial charge in [-0.1, -0.05) is 109 Å². The Labute approximate surface area is 781 Å². The van der Waals surface area contributed by atoms with Crippen molar-refractivity contribution < 1.29 is 96.5 Å². The Morgan fingerprint density at radius 1 is 0.567 bits per heavy atom. The Balaban J connectivity index is 1.20. The number of likely N-dealkylation sites (N-methyl/N-ethyl adjacent to an activating group) is 3. The molecule has 0 bridgehead atoms. The van der Waals surface area contributed by atoms with Crippen LogP contribution in [0.2, 0.25) is 0 Å². The van der Waals surface area contributed by atoms with E-state index in [0.717, 1.165) is 26.5 Å². The summed E-state index contributed by atoms with van der Waals surface area (Å²) in [6.07, 6.45) is 4.25. The number of aromatic amines is 3. The lowest BCUT2D eigenvalue weighted by atomic mass is 9.92. The van der Waals surface area contributed by atoms with Crippen molar-refractivity contribution in [1.29, 1.82) is 0 Å². The number of carbonyl (C=O) groups excluding carboxylic acids is 17. The molecule has 41 nitrogen and oxygen atoms in total. The molecule has 42 heteroatoms. The number of ketones is 1. The molecule has 16 amide bonds. The number of nitrogens with two attached hydrogens (primary N) is 3. The third kappa shape index (κ3) is 30.6. The number of fused-ring (bicyclic) bond motifs is 3. The molecule has 3 aromatic carbocycles. The Hall–Kier alpha value is -13.3. The summed E-state index contributed by atoms with van der Waals surface area (Å²) in [6.45, 7) is 8.33. The van der Waals surface area contributed by atoms with Crippen LogP contribution in [0.25, 0.3) is 21.8 Å². The van der Waals surface area contributed by atoms with Gasteiger partial charge in [0.05, 0.1) is 31.6 Å². The van der Waals surface area contributed by atoms with Crippen molar-refractivity contribution in [1.82, 2.24) is 92.3 Å². The second kappa shape index (κ2) is 51.7. The zero-order valence-electron chi connectivity index (χ0n) is 77.3. The molecule has 5 heterocycles. The summed E-state index contributed by atoms with van der Waals surface area (Å²) in [5, 5.41) is 45.7. The van der Waals surface area contributed by atoms with E-state index in [4.69, 9.17) is 17.2 Å². The van der Waals surface area contributed by atoms with Crippen LogP contribution >= 0.6 is 11.8 Å². The summed E-state index contributed by atoms with van der Waals surface area (Å²) in [4.78, 5) is 281. The lowest BCUT2D eigenvalue weighted by Gasteiger charge is -2.36. The molecule has 728 valence electrons. The number of hydrogen-bond acceptors (Lipinski definition) is 22. The predicted molar refractivity (Wildman–Crippen MR) is 496 cm³/mol. The van der Waals surface area contributed by atoms with Gasteiger partial charge in [0.25, 0.3) is 0 Å². The minimum absolute atomic E-state index is 0.0405. The fourth-order valence-corrected chi connectivity index (χ4v) is 17.3. The molecule has 2 fully saturated rings. The number of benzene rings is 3. The highest BCUT2D eigenvalue weighted by Gasteiger charge is 2.44. The summed E-state index contributed by atoms with van der Waals surface area (Å²) >= 11 is 0.795. The average molecular weight is 1880 g/mol. The minimum atomic E-state index is -1.79. The Bertz CT molecular complexity index is 5120. The molecule has 0 radical (unpaired) electrons. The lowest BCUT2D eigenvalue weighted by Crippen LogP contribution is -2.60. The third-order valence-electron chi connectivity index (χ3n) is 23.8. The molecule has 2 aliphatic rings. The number of H-pyrrole nitrogens is 3. The fourth-order valence-electron chi connectivity index (χ4n) is 16.4. The number of primary amides is 2. The van der Waals surface area contributed by atoms with E-state index >= 15 is 38.4 Å². The first-order chi connectivity index (χ1) is 63.8. The number of aliphatic carboxylic acids is 1. The van der Waals surface area contributed by atoms with E-state index in [1.54, 1.807) is 69.6 Å². The smallest absolute Gasteiger partial charge is 0.303 e. The molecule has 8 rings (SSSR count). The molecule has 6 aromatic rings.